The van der Waals surface area contributed by atoms with Crippen LogP contribution in [-0.4, -0.2) is 58.2 Å². The lowest BCUT2D eigenvalue weighted by Crippen LogP contribution is -2.52. The zero-order valence-corrected chi connectivity index (χ0v) is 17.1. The summed E-state index contributed by atoms with van der Waals surface area (Å²) in [5.74, 6) is -0.384. The fraction of sp³-hybridized carbons (Fsp3) is 0.333. The van der Waals surface area contributed by atoms with Gasteiger partial charge in [0.05, 0.1) is 0 Å². The van der Waals surface area contributed by atoms with Crippen molar-refractivity contribution in [2.75, 3.05) is 31.1 Å². The summed E-state index contributed by atoms with van der Waals surface area (Å²) >= 11 is 0. The van der Waals surface area contributed by atoms with Crippen molar-refractivity contribution < 1.29 is 27.2 Å². The van der Waals surface area contributed by atoms with E-state index in [1.165, 1.54) is 6.20 Å². The fourth-order valence-corrected chi connectivity index (χ4v) is 3.33. The number of aromatic nitrogens is 3. The van der Waals surface area contributed by atoms with Crippen molar-refractivity contribution in [2.45, 2.75) is 19.2 Å². The Labute approximate surface area is 181 Å². The third kappa shape index (κ3) is 4.82. The molecule has 1 fully saturated rings. The number of hydrogen-bond acceptors (Lipinski definition) is 7. The molecule has 1 amide bonds. The molecule has 11 heteroatoms. The zero-order chi connectivity index (χ0) is 22.7. The Morgan fingerprint density at radius 1 is 1.09 bits per heavy atom. The van der Waals surface area contributed by atoms with Gasteiger partial charge < -0.3 is 19.1 Å². The number of carbonyl (C=O) groups is 1. The lowest BCUT2D eigenvalue weighted by Gasteiger charge is -2.36. The van der Waals surface area contributed by atoms with E-state index in [1.54, 1.807) is 36.1 Å². The van der Waals surface area contributed by atoms with Crippen LogP contribution in [0.2, 0.25) is 0 Å². The molecule has 1 saturated heterocycles. The Morgan fingerprint density at radius 2 is 1.81 bits per heavy atom. The SMILES string of the molecule is CC(Oc1ccccc1)C(=O)N1CCN(c2ccc(-c3noc(C(F)(F)F)n3)cn2)CC1. The number of rotatable bonds is 5. The highest BCUT2D eigenvalue weighted by atomic mass is 19.4. The molecule has 8 nitrogen and oxygen atoms in total. The molecule has 1 unspecified atom stereocenters. The van der Waals surface area contributed by atoms with Crippen molar-refractivity contribution >= 4 is 11.7 Å². The van der Waals surface area contributed by atoms with Crippen molar-refractivity contribution in [2.24, 2.45) is 0 Å². The minimum absolute atomic E-state index is 0.0885. The number of halogens is 3. The van der Waals surface area contributed by atoms with Crippen molar-refractivity contribution in [3.05, 3.63) is 54.6 Å². The second kappa shape index (κ2) is 8.85. The van der Waals surface area contributed by atoms with Crippen LogP contribution in [0.25, 0.3) is 11.4 Å². The molecule has 32 heavy (non-hydrogen) atoms. The molecule has 1 aliphatic heterocycles. The summed E-state index contributed by atoms with van der Waals surface area (Å²) in [7, 11) is 0. The fourth-order valence-electron chi connectivity index (χ4n) is 3.33. The summed E-state index contributed by atoms with van der Waals surface area (Å²) < 4.78 is 47.8. The van der Waals surface area contributed by atoms with E-state index in [1.807, 2.05) is 23.1 Å². The number of pyridine rings is 1. The van der Waals surface area contributed by atoms with E-state index in [-0.39, 0.29) is 11.7 Å². The predicted octanol–water partition coefficient (Wildman–Crippen LogP) is 3.27. The van der Waals surface area contributed by atoms with Gasteiger partial charge in [-0.25, -0.2) is 4.98 Å². The monoisotopic (exact) mass is 447 g/mol. The standard InChI is InChI=1S/C21H20F3N5O3/c1-14(31-16-5-3-2-4-6-16)19(30)29-11-9-28(10-12-29)17-8-7-15(13-25-17)18-26-20(32-27-18)21(22,23)24/h2-8,13-14H,9-12H2,1H3. The Bertz CT molecular complexity index is 1050. The smallest absolute Gasteiger partial charge is 0.471 e. The van der Waals surface area contributed by atoms with E-state index >= 15 is 0 Å². The van der Waals surface area contributed by atoms with Crippen LogP contribution in [0.5, 0.6) is 5.75 Å². The molecule has 1 aromatic carbocycles. The normalized spacial score (nSPS) is 15.5. The van der Waals surface area contributed by atoms with Crippen LogP contribution in [0.4, 0.5) is 19.0 Å². The number of anilines is 1. The van der Waals surface area contributed by atoms with E-state index in [0.29, 0.717) is 43.3 Å². The van der Waals surface area contributed by atoms with Crippen LogP contribution < -0.4 is 9.64 Å². The number of carbonyl (C=O) groups excluding carboxylic acids is 1. The van der Waals surface area contributed by atoms with Crippen molar-refractivity contribution in [1.29, 1.82) is 0 Å². The highest BCUT2D eigenvalue weighted by Gasteiger charge is 2.38. The maximum atomic E-state index is 12.7. The van der Waals surface area contributed by atoms with Crippen LogP contribution in [0.1, 0.15) is 12.8 Å². The largest absolute Gasteiger partial charge is 0.481 e. The van der Waals surface area contributed by atoms with Crippen molar-refractivity contribution in [1.82, 2.24) is 20.0 Å². The number of ether oxygens (including phenoxy) is 1. The molecule has 1 atom stereocenters. The second-order valence-corrected chi connectivity index (χ2v) is 7.21. The number of para-hydroxylation sites is 1. The van der Waals surface area contributed by atoms with Crippen LogP contribution in [0.15, 0.2) is 53.2 Å². The molecule has 0 spiro atoms. The number of piperazine rings is 1. The lowest BCUT2D eigenvalue weighted by molar-refractivity contribution is -0.159. The van der Waals surface area contributed by atoms with Gasteiger partial charge in [0, 0.05) is 37.9 Å². The van der Waals surface area contributed by atoms with E-state index < -0.39 is 18.2 Å². The highest BCUT2D eigenvalue weighted by molar-refractivity contribution is 5.81. The summed E-state index contributed by atoms with van der Waals surface area (Å²) in [6.07, 6.45) is -3.90. The minimum atomic E-state index is -4.70. The summed E-state index contributed by atoms with van der Waals surface area (Å²) in [5.41, 5.74) is 0.314. The van der Waals surface area contributed by atoms with Gasteiger partial charge in [-0.1, -0.05) is 23.4 Å². The van der Waals surface area contributed by atoms with E-state index in [4.69, 9.17) is 4.74 Å². The summed E-state index contributed by atoms with van der Waals surface area (Å²) in [6.45, 7) is 3.87. The van der Waals surface area contributed by atoms with Crippen LogP contribution in [0, 0.1) is 0 Å². The third-order valence-corrected chi connectivity index (χ3v) is 4.99. The molecule has 0 aliphatic carbocycles. The van der Waals surface area contributed by atoms with Crippen molar-refractivity contribution in [3.8, 4) is 17.1 Å². The average Bonchev–Trinajstić information content (AvgIpc) is 3.31. The highest BCUT2D eigenvalue weighted by Crippen LogP contribution is 2.29. The van der Waals surface area contributed by atoms with Gasteiger partial charge in [0.25, 0.3) is 5.91 Å². The minimum Gasteiger partial charge on any atom is -0.481 e. The average molecular weight is 447 g/mol. The molecule has 0 bridgehead atoms. The third-order valence-electron chi connectivity index (χ3n) is 4.99. The van der Waals surface area contributed by atoms with E-state index in [9.17, 15) is 18.0 Å². The Hall–Kier alpha value is -3.63. The van der Waals surface area contributed by atoms with Crippen LogP contribution >= 0.6 is 0 Å². The predicted molar refractivity (Wildman–Crippen MR) is 108 cm³/mol. The number of alkyl halides is 3. The first-order valence-electron chi connectivity index (χ1n) is 9.94. The first-order chi connectivity index (χ1) is 15.3. The molecule has 0 saturated carbocycles. The van der Waals surface area contributed by atoms with E-state index in [2.05, 4.69) is 19.6 Å². The van der Waals surface area contributed by atoms with Crippen LogP contribution in [-0.2, 0) is 11.0 Å². The molecule has 0 N–H and O–H groups in total. The molecule has 0 radical (unpaired) electrons. The molecule has 4 rings (SSSR count). The van der Waals surface area contributed by atoms with Gasteiger partial charge >= 0.3 is 12.1 Å². The maximum absolute atomic E-state index is 12.7. The van der Waals surface area contributed by atoms with Crippen LogP contribution in [0.3, 0.4) is 0 Å². The maximum Gasteiger partial charge on any atom is 0.471 e. The molecule has 168 valence electrons. The second-order valence-electron chi connectivity index (χ2n) is 7.21. The Kier molecular flexibility index (Phi) is 5.97. The van der Waals surface area contributed by atoms with Gasteiger partial charge in [-0.05, 0) is 31.2 Å². The van der Waals surface area contributed by atoms with Crippen molar-refractivity contribution in [3.63, 3.8) is 0 Å². The van der Waals surface area contributed by atoms with Gasteiger partial charge in [-0.3, -0.25) is 4.79 Å². The first-order valence-corrected chi connectivity index (χ1v) is 9.94. The Morgan fingerprint density at radius 3 is 2.41 bits per heavy atom. The van der Waals surface area contributed by atoms with Gasteiger partial charge in [-0.15, -0.1) is 0 Å². The summed E-state index contributed by atoms with van der Waals surface area (Å²) in [6, 6.07) is 12.4. The molecular weight excluding hydrogens is 427 g/mol. The first kappa shape index (κ1) is 21.6. The number of amides is 1. The molecule has 2 aromatic heterocycles. The summed E-state index contributed by atoms with van der Waals surface area (Å²) in [4.78, 5) is 24.1. The number of benzene rings is 1. The molecule has 3 aromatic rings. The topological polar surface area (TPSA) is 84.6 Å². The van der Waals surface area contributed by atoms with Gasteiger partial charge in [-0.2, -0.15) is 18.2 Å². The quantitative estimate of drug-likeness (QED) is 0.594. The van der Waals surface area contributed by atoms with E-state index in [0.717, 1.165) is 0 Å². The summed E-state index contributed by atoms with van der Waals surface area (Å²) in [5, 5.41) is 3.36. The Balaban J connectivity index is 1.33. The zero-order valence-electron chi connectivity index (χ0n) is 17.1. The van der Waals surface area contributed by atoms with Gasteiger partial charge in [0.2, 0.25) is 5.82 Å². The number of hydrogen-bond donors (Lipinski definition) is 0. The van der Waals surface area contributed by atoms with Gasteiger partial charge in [0.15, 0.2) is 6.10 Å². The molecular formula is C21H20F3N5O3. The van der Waals surface area contributed by atoms with Gasteiger partial charge in [0.1, 0.15) is 11.6 Å². The molecule has 1 aliphatic rings. The lowest BCUT2D eigenvalue weighted by atomic mass is 10.2. The molecule has 3 heterocycles. The number of nitrogens with zero attached hydrogens (tertiary/aromatic N) is 5.